The molecule has 0 bridgehead atoms. The molecular weight excluding hydrogens is 552 g/mol. The predicted octanol–water partition coefficient (Wildman–Crippen LogP) is 3.12. The first-order valence-electron chi connectivity index (χ1n) is 13.4. The number of aliphatic hydroxyl groups excluding tert-OH is 1. The highest BCUT2D eigenvalue weighted by Crippen LogP contribution is 2.35. The number of aliphatic hydroxyl groups is 1. The summed E-state index contributed by atoms with van der Waals surface area (Å²) >= 11 is 0. The number of carbonyl (C=O) groups is 2. The number of amides is 3. The molecule has 0 fully saturated rings. The number of nitrogens with zero attached hydrogens (tertiary/aromatic N) is 2. The fraction of sp³-hybridized carbons (Fsp3) is 0.500. The number of urea groups is 1. The van der Waals surface area contributed by atoms with E-state index in [1.54, 1.807) is 14.1 Å². The van der Waals surface area contributed by atoms with Crippen LogP contribution in [0.25, 0.3) is 0 Å². The molecule has 0 saturated heterocycles. The summed E-state index contributed by atoms with van der Waals surface area (Å²) in [5.41, 5.74) is 0.228. The molecule has 2 unspecified atom stereocenters. The zero-order valence-corrected chi connectivity index (χ0v) is 24.9. The number of nitrogens with one attached hydrogen (secondary N) is 2. The van der Waals surface area contributed by atoms with Crippen molar-refractivity contribution in [1.29, 1.82) is 0 Å². The fourth-order valence-corrected chi connectivity index (χ4v) is 5.57. The van der Waals surface area contributed by atoms with E-state index >= 15 is 0 Å². The van der Waals surface area contributed by atoms with Crippen LogP contribution in [0.15, 0.2) is 53.4 Å². The molecule has 0 radical (unpaired) electrons. The number of hydrogen-bond acceptors (Lipinski definition) is 8. The Morgan fingerprint density at radius 3 is 2.44 bits per heavy atom. The molecule has 1 heterocycles. The standard InChI is InChI=1S/C28H40N4O8S/c1-20(33)23(16-21-10-7-6-8-11-21)30-27(35)40-32(18-28(2,3)14-9-15-29-26(34)31(4)5)41(36,37)22-12-13-24-25(17-22)39-19-38-24/h6-8,10-13,17,20,23,33H,9,14-16,18-19H2,1-5H3,(H,29,34)(H,30,35). The Labute approximate surface area is 241 Å². The largest absolute Gasteiger partial charge is 0.454 e. The van der Waals surface area contributed by atoms with E-state index in [1.807, 2.05) is 44.2 Å². The second-order valence-corrected chi connectivity index (χ2v) is 12.8. The number of carbonyl (C=O) groups excluding carboxylic acids is 2. The minimum Gasteiger partial charge on any atom is -0.454 e. The Bertz CT molecular complexity index is 1290. The van der Waals surface area contributed by atoms with Crippen molar-refractivity contribution in [1.82, 2.24) is 20.0 Å². The van der Waals surface area contributed by atoms with Crippen LogP contribution in [0.5, 0.6) is 11.5 Å². The summed E-state index contributed by atoms with van der Waals surface area (Å²) in [6, 6.07) is 12.5. The molecule has 12 nitrogen and oxygen atoms in total. The maximum atomic E-state index is 13.8. The van der Waals surface area contributed by atoms with Crippen molar-refractivity contribution in [2.45, 2.75) is 57.1 Å². The van der Waals surface area contributed by atoms with Crippen LogP contribution in [-0.4, -0.2) is 81.1 Å². The molecule has 2 aromatic rings. The lowest BCUT2D eigenvalue weighted by Gasteiger charge is -2.31. The summed E-state index contributed by atoms with van der Waals surface area (Å²) in [5.74, 6) is 0.679. The van der Waals surface area contributed by atoms with E-state index in [-0.39, 0.29) is 30.0 Å². The van der Waals surface area contributed by atoms with Gasteiger partial charge in [0.05, 0.1) is 23.6 Å². The molecular formula is C28H40N4O8S. The van der Waals surface area contributed by atoms with E-state index in [0.29, 0.717) is 36.0 Å². The molecule has 2 aromatic carbocycles. The summed E-state index contributed by atoms with van der Waals surface area (Å²) in [4.78, 5) is 31.6. The van der Waals surface area contributed by atoms with Crippen LogP contribution in [0, 0.1) is 5.41 Å². The third-order valence-corrected chi connectivity index (χ3v) is 8.14. The average molecular weight is 593 g/mol. The fourth-order valence-electron chi connectivity index (χ4n) is 4.15. The lowest BCUT2D eigenvalue weighted by atomic mass is 9.88. The number of fused-ring (bicyclic) bond motifs is 1. The van der Waals surface area contributed by atoms with Crippen LogP contribution in [0.3, 0.4) is 0 Å². The van der Waals surface area contributed by atoms with E-state index < -0.39 is 33.7 Å². The molecule has 0 aliphatic carbocycles. The minimum absolute atomic E-state index is 0.0268. The second-order valence-electron chi connectivity index (χ2n) is 10.9. The third kappa shape index (κ3) is 9.23. The molecule has 3 rings (SSSR count). The highest BCUT2D eigenvalue weighted by Gasteiger charge is 2.36. The van der Waals surface area contributed by atoms with Crippen LogP contribution >= 0.6 is 0 Å². The van der Waals surface area contributed by atoms with Crippen molar-refractivity contribution < 1.29 is 37.4 Å². The summed E-state index contributed by atoms with van der Waals surface area (Å²) in [6.07, 6.45) is -0.561. The maximum absolute atomic E-state index is 13.8. The zero-order valence-electron chi connectivity index (χ0n) is 24.1. The first kappa shape index (κ1) is 32.0. The first-order valence-corrected chi connectivity index (χ1v) is 14.8. The van der Waals surface area contributed by atoms with Gasteiger partial charge in [0.25, 0.3) is 10.0 Å². The van der Waals surface area contributed by atoms with E-state index in [4.69, 9.17) is 14.3 Å². The van der Waals surface area contributed by atoms with Crippen molar-refractivity contribution in [3.05, 3.63) is 54.1 Å². The van der Waals surface area contributed by atoms with Crippen LogP contribution in [0.2, 0.25) is 0 Å². The second kappa shape index (κ2) is 13.9. The lowest BCUT2D eigenvalue weighted by molar-refractivity contribution is -0.0472. The molecule has 3 amide bonds. The minimum atomic E-state index is -4.35. The highest BCUT2D eigenvalue weighted by molar-refractivity contribution is 7.89. The highest BCUT2D eigenvalue weighted by atomic mass is 32.2. The van der Waals surface area contributed by atoms with Gasteiger partial charge in [-0.25, -0.2) is 18.0 Å². The molecule has 1 aliphatic rings. The SMILES string of the molecule is CC(O)C(Cc1ccccc1)NC(=O)ON(CC(C)(C)CCCNC(=O)N(C)C)S(=O)(=O)c1ccc2c(c1)OCO2. The maximum Gasteiger partial charge on any atom is 0.427 e. The smallest absolute Gasteiger partial charge is 0.427 e. The van der Waals surface area contributed by atoms with E-state index in [0.717, 1.165) is 5.56 Å². The average Bonchev–Trinajstić information content (AvgIpc) is 3.38. The van der Waals surface area contributed by atoms with Gasteiger partial charge in [0, 0.05) is 26.7 Å². The van der Waals surface area contributed by atoms with Crippen molar-refractivity contribution >= 4 is 22.1 Å². The quantitative estimate of drug-likeness (QED) is 0.238. The van der Waals surface area contributed by atoms with Gasteiger partial charge in [-0.2, -0.15) is 0 Å². The normalized spacial score (nSPS) is 14.3. The number of benzene rings is 2. The number of rotatable bonds is 13. The van der Waals surface area contributed by atoms with Gasteiger partial charge in [-0.05, 0) is 53.8 Å². The Kier molecular flexibility index (Phi) is 10.8. The number of ether oxygens (including phenoxy) is 2. The van der Waals surface area contributed by atoms with Crippen LogP contribution in [0.1, 0.15) is 39.2 Å². The molecule has 226 valence electrons. The van der Waals surface area contributed by atoms with Crippen molar-refractivity contribution in [3.63, 3.8) is 0 Å². The summed E-state index contributed by atoms with van der Waals surface area (Å²) in [6.45, 7) is 5.42. The van der Waals surface area contributed by atoms with E-state index in [1.165, 1.54) is 30.0 Å². The predicted molar refractivity (Wildman–Crippen MR) is 152 cm³/mol. The third-order valence-electron chi connectivity index (χ3n) is 6.55. The van der Waals surface area contributed by atoms with Crippen LogP contribution in [-0.2, 0) is 21.3 Å². The summed E-state index contributed by atoms with van der Waals surface area (Å²) in [7, 11) is -1.06. The van der Waals surface area contributed by atoms with Gasteiger partial charge in [0.2, 0.25) is 6.79 Å². The number of hydrogen-bond donors (Lipinski definition) is 3. The Hall–Kier alpha value is -3.55. The number of sulfonamides is 1. The van der Waals surface area contributed by atoms with Crippen molar-refractivity contribution in [2.24, 2.45) is 5.41 Å². The van der Waals surface area contributed by atoms with E-state index in [9.17, 15) is 23.1 Å². The van der Waals surface area contributed by atoms with Crippen LogP contribution in [0.4, 0.5) is 9.59 Å². The van der Waals surface area contributed by atoms with E-state index in [2.05, 4.69) is 10.6 Å². The molecule has 0 spiro atoms. The molecule has 2 atom stereocenters. The Balaban J connectivity index is 1.78. The Morgan fingerprint density at radius 1 is 1.10 bits per heavy atom. The van der Waals surface area contributed by atoms with Gasteiger partial charge in [-0.15, -0.1) is 0 Å². The number of hydroxylamine groups is 1. The summed E-state index contributed by atoms with van der Waals surface area (Å²) in [5, 5.41) is 15.7. The van der Waals surface area contributed by atoms with Crippen molar-refractivity contribution in [2.75, 3.05) is 34.0 Å². The molecule has 3 N–H and O–H groups in total. The van der Waals surface area contributed by atoms with Crippen molar-refractivity contribution in [3.8, 4) is 11.5 Å². The topological polar surface area (TPSA) is 147 Å². The monoisotopic (exact) mass is 592 g/mol. The van der Waals surface area contributed by atoms with Gasteiger partial charge >= 0.3 is 12.1 Å². The molecule has 1 aliphatic heterocycles. The molecule has 13 heteroatoms. The molecule has 0 saturated carbocycles. The van der Waals surface area contributed by atoms with Gasteiger partial charge in [-0.1, -0.05) is 44.2 Å². The van der Waals surface area contributed by atoms with Crippen LogP contribution < -0.4 is 20.1 Å². The first-order chi connectivity index (χ1) is 19.3. The van der Waals surface area contributed by atoms with Gasteiger partial charge in [0.1, 0.15) is 0 Å². The van der Waals surface area contributed by atoms with Gasteiger partial charge in [-0.3, -0.25) is 0 Å². The zero-order chi connectivity index (χ0) is 30.2. The van der Waals surface area contributed by atoms with Gasteiger partial charge in [0.15, 0.2) is 11.5 Å². The van der Waals surface area contributed by atoms with Gasteiger partial charge < -0.3 is 35.0 Å². The summed E-state index contributed by atoms with van der Waals surface area (Å²) < 4.78 is 38.8. The molecule has 0 aromatic heterocycles. The Morgan fingerprint density at radius 2 is 1.78 bits per heavy atom. The lowest BCUT2D eigenvalue weighted by Crippen LogP contribution is -2.48. The molecule has 41 heavy (non-hydrogen) atoms.